The molecule has 0 aromatic heterocycles. The van der Waals surface area contributed by atoms with Gasteiger partial charge in [-0.1, -0.05) is 6.92 Å². The number of rotatable bonds is 2. The lowest BCUT2D eigenvalue weighted by atomic mass is 9.87. The van der Waals surface area contributed by atoms with Crippen molar-refractivity contribution in [3.63, 3.8) is 0 Å². The normalized spacial score (nSPS) is 35.6. The van der Waals surface area contributed by atoms with Gasteiger partial charge in [0.15, 0.2) is 0 Å². The lowest BCUT2D eigenvalue weighted by molar-refractivity contribution is -0.143. The molecule has 2 aliphatic heterocycles. The van der Waals surface area contributed by atoms with Crippen molar-refractivity contribution in [1.29, 1.82) is 0 Å². The number of ether oxygens (including phenoxy) is 1. The Labute approximate surface area is 122 Å². The molecule has 1 N–H and O–H groups in total. The monoisotopic (exact) mass is 290 g/mol. The first-order valence-corrected chi connectivity index (χ1v) is 7.14. The maximum Gasteiger partial charge on any atom is 0.242 e. The summed E-state index contributed by atoms with van der Waals surface area (Å²) < 4.78 is 5.49. The fourth-order valence-corrected chi connectivity index (χ4v) is 3.11. The van der Waals surface area contributed by atoms with Crippen molar-refractivity contribution in [3.8, 4) is 0 Å². The molecule has 2 rings (SSSR count). The van der Waals surface area contributed by atoms with Crippen LogP contribution in [0.2, 0.25) is 0 Å². The lowest BCUT2D eigenvalue weighted by Gasteiger charge is -2.42. The first kappa shape index (κ1) is 16.7. The van der Waals surface area contributed by atoms with Crippen molar-refractivity contribution in [2.45, 2.75) is 51.2 Å². The summed E-state index contributed by atoms with van der Waals surface area (Å²) in [5.74, 6) is 0.808. The Morgan fingerprint density at radius 3 is 2.74 bits per heavy atom. The highest BCUT2D eigenvalue weighted by molar-refractivity contribution is 5.86. The van der Waals surface area contributed by atoms with Crippen LogP contribution in [0.15, 0.2) is 0 Å². The molecule has 0 spiro atoms. The van der Waals surface area contributed by atoms with E-state index in [1.807, 2.05) is 11.8 Å². The van der Waals surface area contributed by atoms with E-state index in [0.717, 1.165) is 38.9 Å². The third-order valence-corrected chi connectivity index (χ3v) is 4.57. The van der Waals surface area contributed by atoms with Crippen molar-refractivity contribution in [2.75, 3.05) is 26.7 Å². The highest BCUT2D eigenvalue weighted by atomic mass is 35.5. The zero-order valence-electron chi connectivity index (χ0n) is 12.3. The van der Waals surface area contributed by atoms with Gasteiger partial charge in [0.2, 0.25) is 5.91 Å². The topological polar surface area (TPSA) is 41.6 Å². The molecule has 1 amide bonds. The fraction of sp³-hybridized carbons (Fsp3) is 0.929. The SMILES string of the molecule is COC1CN(C(=O)C2(C)CCCCN2)CCC1C.Cl. The molecule has 5 heteroatoms. The molecule has 0 bridgehead atoms. The molecule has 0 aromatic carbocycles. The van der Waals surface area contributed by atoms with Gasteiger partial charge in [-0.25, -0.2) is 0 Å². The van der Waals surface area contributed by atoms with E-state index in [1.54, 1.807) is 7.11 Å². The second-order valence-electron chi connectivity index (χ2n) is 6.01. The molecule has 0 saturated carbocycles. The van der Waals surface area contributed by atoms with Gasteiger partial charge in [0.05, 0.1) is 11.6 Å². The van der Waals surface area contributed by atoms with Gasteiger partial charge in [-0.05, 0) is 45.1 Å². The summed E-state index contributed by atoms with van der Waals surface area (Å²) in [5.41, 5.74) is -0.350. The largest absolute Gasteiger partial charge is 0.379 e. The molecule has 3 atom stereocenters. The Morgan fingerprint density at radius 2 is 2.16 bits per heavy atom. The van der Waals surface area contributed by atoms with E-state index in [9.17, 15) is 4.79 Å². The molecule has 2 heterocycles. The number of hydrogen-bond donors (Lipinski definition) is 1. The minimum absolute atomic E-state index is 0. The summed E-state index contributed by atoms with van der Waals surface area (Å²) in [7, 11) is 1.75. The Morgan fingerprint density at radius 1 is 1.42 bits per heavy atom. The van der Waals surface area contributed by atoms with E-state index >= 15 is 0 Å². The van der Waals surface area contributed by atoms with E-state index in [1.165, 1.54) is 6.42 Å². The van der Waals surface area contributed by atoms with Gasteiger partial charge in [-0.2, -0.15) is 0 Å². The minimum Gasteiger partial charge on any atom is -0.379 e. The van der Waals surface area contributed by atoms with Gasteiger partial charge in [0.1, 0.15) is 0 Å². The van der Waals surface area contributed by atoms with E-state index in [4.69, 9.17) is 4.74 Å². The number of halogens is 1. The number of hydrogen-bond acceptors (Lipinski definition) is 3. The van der Waals surface area contributed by atoms with Crippen LogP contribution in [0.3, 0.4) is 0 Å². The number of carbonyl (C=O) groups is 1. The zero-order valence-corrected chi connectivity index (χ0v) is 13.1. The number of carbonyl (C=O) groups excluding carboxylic acids is 1. The second kappa shape index (κ2) is 6.91. The Balaban J connectivity index is 0.00000180. The average Bonchev–Trinajstić information content (AvgIpc) is 2.39. The first-order valence-electron chi connectivity index (χ1n) is 7.14. The highest BCUT2D eigenvalue weighted by Crippen LogP contribution is 2.25. The maximum atomic E-state index is 12.7. The molecule has 4 nitrogen and oxygen atoms in total. The van der Waals surface area contributed by atoms with Crippen LogP contribution in [0, 0.1) is 5.92 Å². The van der Waals surface area contributed by atoms with Gasteiger partial charge >= 0.3 is 0 Å². The number of nitrogens with zero attached hydrogens (tertiary/aromatic N) is 1. The predicted molar refractivity (Wildman–Crippen MR) is 78.7 cm³/mol. The maximum absolute atomic E-state index is 12.7. The molecule has 0 radical (unpaired) electrons. The molecule has 112 valence electrons. The summed E-state index contributed by atoms with van der Waals surface area (Å²) in [5, 5.41) is 3.40. The van der Waals surface area contributed by atoms with Gasteiger partial charge in [-0.15, -0.1) is 12.4 Å². The quantitative estimate of drug-likeness (QED) is 0.843. The van der Waals surface area contributed by atoms with Crippen LogP contribution in [0.5, 0.6) is 0 Å². The van der Waals surface area contributed by atoms with E-state index < -0.39 is 0 Å². The molecule has 2 aliphatic rings. The number of amides is 1. The summed E-state index contributed by atoms with van der Waals surface area (Å²) in [6.45, 7) is 6.83. The van der Waals surface area contributed by atoms with Crippen LogP contribution in [-0.4, -0.2) is 49.2 Å². The van der Waals surface area contributed by atoms with Crippen molar-refractivity contribution in [1.82, 2.24) is 10.2 Å². The molecule has 2 saturated heterocycles. The molecule has 19 heavy (non-hydrogen) atoms. The predicted octanol–water partition coefficient (Wildman–Crippen LogP) is 1.82. The van der Waals surface area contributed by atoms with Gasteiger partial charge < -0.3 is 15.0 Å². The summed E-state index contributed by atoms with van der Waals surface area (Å²) in [6, 6.07) is 0. The van der Waals surface area contributed by atoms with Crippen LogP contribution in [0.1, 0.15) is 39.5 Å². The number of likely N-dealkylation sites (tertiary alicyclic amines) is 1. The number of methoxy groups -OCH3 is 1. The molecule has 2 fully saturated rings. The third-order valence-electron chi connectivity index (χ3n) is 4.57. The van der Waals surface area contributed by atoms with Crippen LogP contribution >= 0.6 is 12.4 Å². The average molecular weight is 291 g/mol. The standard InChI is InChI=1S/C14H26N2O2.ClH/c1-11-6-9-16(10-12(11)18-3)13(17)14(2)7-4-5-8-15-14;/h11-12,15H,4-10H2,1-3H3;1H. The summed E-state index contributed by atoms with van der Waals surface area (Å²) in [4.78, 5) is 14.6. The smallest absolute Gasteiger partial charge is 0.242 e. The van der Waals surface area contributed by atoms with Crippen LogP contribution < -0.4 is 5.32 Å². The number of piperidine rings is 2. The van der Waals surface area contributed by atoms with Crippen LogP contribution in [0.4, 0.5) is 0 Å². The van der Waals surface area contributed by atoms with Crippen molar-refractivity contribution < 1.29 is 9.53 Å². The Kier molecular flexibility index (Phi) is 6.09. The second-order valence-corrected chi connectivity index (χ2v) is 6.01. The van der Waals surface area contributed by atoms with Gasteiger partial charge in [0, 0.05) is 20.2 Å². The third kappa shape index (κ3) is 3.61. The van der Waals surface area contributed by atoms with Crippen molar-refractivity contribution in [3.05, 3.63) is 0 Å². The fourth-order valence-electron chi connectivity index (χ4n) is 3.11. The van der Waals surface area contributed by atoms with Crippen LogP contribution in [-0.2, 0) is 9.53 Å². The lowest BCUT2D eigenvalue weighted by Crippen LogP contribution is -2.60. The molecular weight excluding hydrogens is 264 g/mol. The first-order chi connectivity index (χ1) is 8.57. The van der Waals surface area contributed by atoms with Crippen molar-refractivity contribution >= 4 is 18.3 Å². The Bertz CT molecular complexity index is 306. The number of nitrogens with one attached hydrogen (secondary N) is 1. The van der Waals surface area contributed by atoms with Crippen molar-refractivity contribution in [2.24, 2.45) is 5.92 Å². The zero-order chi connectivity index (χ0) is 13.2. The van der Waals surface area contributed by atoms with Gasteiger partial charge in [0.25, 0.3) is 0 Å². The molecule has 0 aromatic rings. The summed E-state index contributed by atoms with van der Waals surface area (Å²) in [6.07, 6.45) is 4.51. The van der Waals surface area contributed by atoms with E-state index in [2.05, 4.69) is 12.2 Å². The van der Waals surface area contributed by atoms with E-state index in [-0.39, 0.29) is 30.0 Å². The molecular formula is C14H27ClN2O2. The highest BCUT2D eigenvalue weighted by Gasteiger charge is 2.40. The molecule has 3 unspecified atom stereocenters. The van der Waals surface area contributed by atoms with E-state index in [0.29, 0.717) is 5.92 Å². The molecule has 0 aliphatic carbocycles. The van der Waals surface area contributed by atoms with Crippen LogP contribution in [0.25, 0.3) is 0 Å². The Hall–Kier alpha value is -0.320. The summed E-state index contributed by atoms with van der Waals surface area (Å²) >= 11 is 0. The van der Waals surface area contributed by atoms with Gasteiger partial charge in [-0.3, -0.25) is 4.79 Å². The minimum atomic E-state index is -0.350.